The van der Waals surface area contributed by atoms with Crippen molar-refractivity contribution in [2.75, 3.05) is 7.11 Å². The van der Waals surface area contributed by atoms with E-state index in [2.05, 4.69) is 0 Å². The van der Waals surface area contributed by atoms with Crippen LogP contribution in [0.4, 0.5) is 0 Å². The molecule has 0 saturated heterocycles. The summed E-state index contributed by atoms with van der Waals surface area (Å²) < 4.78 is 4.99. The summed E-state index contributed by atoms with van der Waals surface area (Å²) in [4.78, 5) is 0. The Balaban J connectivity index is 2.32. The van der Waals surface area contributed by atoms with Crippen molar-refractivity contribution < 1.29 is 14.9 Å². The van der Waals surface area contributed by atoms with Crippen LogP contribution in [0.15, 0.2) is 12.1 Å². The molecule has 0 radical (unpaired) electrons. The molecule has 1 aliphatic rings. The fraction of sp³-hybridized carbons (Fsp3) is 0.455. The molecule has 0 spiro atoms. The van der Waals surface area contributed by atoms with Crippen molar-refractivity contribution in [1.82, 2.24) is 0 Å². The highest BCUT2D eigenvalue weighted by Crippen LogP contribution is 2.42. The van der Waals surface area contributed by atoms with E-state index >= 15 is 0 Å². The van der Waals surface area contributed by atoms with Gasteiger partial charge in [0, 0.05) is 23.1 Å². The van der Waals surface area contributed by atoms with Crippen LogP contribution in [0.3, 0.4) is 0 Å². The van der Waals surface area contributed by atoms with Gasteiger partial charge in [0.1, 0.15) is 0 Å². The molecule has 0 aromatic heterocycles. The molecule has 0 bridgehead atoms. The summed E-state index contributed by atoms with van der Waals surface area (Å²) in [5.74, 6) is 0.420. The quantitative estimate of drug-likeness (QED) is 0.833. The maximum Gasteiger partial charge on any atom is 0.162 e. The van der Waals surface area contributed by atoms with E-state index in [1.807, 2.05) is 0 Å². The third-order valence-corrected chi connectivity index (χ3v) is 2.90. The largest absolute Gasteiger partial charge is 0.504 e. The molecular formula is C11H13ClO3. The number of aliphatic hydroxyl groups is 1. The Morgan fingerprint density at radius 1 is 1.47 bits per heavy atom. The zero-order valence-corrected chi connectivity index (χ0v) is 9.21. The van der Waals surface area contributed by atoms with Gasteiger partial charge in [-0.05, 0) is 18.9 Å². The van der Waals surface area contributed by atoms with E-state index in [9.17, 15) is 10.2 Å². The van der Waals surface area contributed by atoms with Crippen molar-refractivity contribution in [3.05, 3.63) is 22.7 Å². The van der Waals surface area contributed by atoms with Gasteiger partial charge in [0.15, 0.2) is 11.5 Å². The monoisotopic (exact) mass is 228 g/mol. The van der Waals surface area contributed by atoms with Gasteiger partial charge < -0.3 is 14.9 Å². The SMILES string of the molecule is COc1cc(Cl)cc(CC2(O)CC2)c1O. The topological polar surface area (TPSA) is 49.7 Å². The molecule has 82 valence electrons. The lowest BCUT2D eigenvalue weighted by Gasteiger charge is -2.12. The van der Waals surface area contributed by atoms with Crippen molar-refractivity contribution in [3.8, 4) is 11.5 Å². The van der Waals surface area contributed by atoms with Gasteiger partial charge in [0.05, 0.1) is 12.7 Å². The molecule has 1 aromatic rings. The number of benzene rings is 1. The minimum absolute atomic E-state index is 0.0715. The van der Waals surface area contributed by atoms with Crippen molar-refractivity contribution in [2.24, 2.45) is 0 Å². The standard InChI is InChI=1S/C11H13ClO3/c1-15-9-5-8(12)4-7(10(9)13)6-11(14)2-3-11/h4-5,13-14H,2-3,6H2,1H3. The zero-order chi connectivity index (χ0) is 11.1. The molecule has 1 fully saturated rings. The first-order chi connectivity index (χ1) is 7.04. The maximum atomic E-state index is 9.81. The van der Waals surface area contributed by atoms with Gasteiger partial charge in [0.25, 0.3) is 0 Å². The fourth-order valence-corrected chi connectivity index (χ4v) is 1.83. The van der Waals surface area contributed by atoms with E-state index in [0.29, 0.717) is 22.8 Å². The maximum absolute atomic E-state index is 9.81. The summed E-state index contributed by atoms with van der Waals surface area (Å²) in [5, 5.41) is 20.1. The number of aromatic hydroxyl groups is 1. The highest BCUT2D eigenvalue weighted by Gasteiger charge is 2.41. The number of methoxy groups -OCH3 is 1. The molecule has 0 heterocycles. The van der Waals surface area contributed by atoms with Crippen molar-refractivity contribution in [3.63, 3.8) is 0 Å². The van der Waals surface area contributed by atoms with Gasteiger partial charge in [0.2, 0.25) is 0 Å². The lowest BCUT2D eigenvalue weighted by molar-refractivity contribution is 0.150. The van der Waals surface area contributed by atoms with Crippen LogP contribution in [0.25, 0.3) is 0 Å². The van der Waals surface area contributed by atoms with Crippen molar-refractivity contribution >= 4 is 11.6 Å². The molecule has 2 rings (SSSR count). The van der Waals surface area contributed by atoms with Gasteiger partial charge in [-0.2, -0.15) is 0 Å². The Hall–Kier alpha value is -0.930. The molecule has 0 amide bonds. The highest BCUT2D eigenvalue weighted by atomic mass is 35.5. The van der Waals surface area contributed by atoms with Crippen LogP contribution in [-0.2, 0) is 6.42 Å². The third kappa shape index (κ3) is 2.19. The summed E-state index contributed by atoms with van der Waals surface area (Å²) in [6.07, 6.45) is 1.98. The zero-order valence-electron chi connectivity index (χ0n) is 8.46. The minimum atomic E-state index is -0.646. The third-order valence-electron chi connectivity index (χ3n) is 2.69. The van der Waals surface area contributed by atoms with Crippen LogP contribution in [0.5, 0.6) is 11.5 Å². The van der Waals surface area contributed by atoms with E-state index in [-0.39, 0.29) is 5.75 Å². The number of hydrogen-bond donors (Lipinski definition) is 2. The van der Waals surface area contributed by atoms with E-state index < -0.39 is 5.60 Å². The van der Waals surface area contributed by atoms with Gasteiger partial charge >= 0.3 is 0 Å². The number of rotatable bonds is 3. The van der Waals surface area contributed by atoms with E-state index in [4.69, 9.17) is 16.3 Å². The van der Waals surface area contributed by atoms with Gasteiger partial charge in [-0.15, -0.1) is 0 Å². The summed E-state index contributed by atoms with van der Waals surface area (Å²) in [5.41, 5.74) is -0.00737. The van der Waals surface area contributed by atoms with Crippen LogP contribution in [0, 0.1) is 0 Å². The average Bonchev–Trinajstić information content (AvgIpc) is 2.89. The predicted octanol–water partition coefficient (Wildman–Crippen LogP) is 2.12. The number of halogens is 1. The van der Waals surface area contributed by atoms with Crippen LogP contribution in [-0.4, -0.2) is 22.9 Å². The average molecular weight is 229 g/mol. The smallest absolute Gasteiger partial charge is 0.162 e. The second-order valence-electron chi connectivity index (χ2n) is 4.02. The molecule has 3 nitrogen and oxygen atoms in total. The highest BCUT2D eigenvalue weighted by molar-refractivity contribution is 6.30. The second-order valence-corrected chi connectivity index (χ2v) is 4.45. The Bertz CT molecular complexity index is 386. The lowest BCUT2D eigenvalue weighted by Crippen LogP contribution is -2.10. The number of phenols is 1. The van der Waals surface area contributed by atoms with Crippen molar-refractivity contribution in [1.29, 1.82) is 0 Å². The van der Waals surface area contributed by atoms with E-state index in [0.717, 1.165) is 12.8 Å². The molecule has 15 heavy (non-hydrogen) atoms. The summed E-state index contributed by atoms with van der Waals surface area (Å²) >= 11 is 5.88. The Kier molecular flexibility index (Phi) is 2.52. The number of hydrogen-bond acceptors (Lipinski definition) is 3. The van der Waals surface area contributed by atoms with E-state index in [1.165, 1.54) is 7.11 Å². The number of ether oxygens (including phenoxy) is 1. The van der Waals surface area contributed by atoms with Gasteiger partial charge in [-0.1, -0.05) is 11.6 Å². The Labute approximate surface area is 93.3 Å². The molecular weight excluding hydrogens is 216 g/mol. The molecule has 1 aliphatic carbocycles. The van der Waals surface area contributed by atoms with E-state index in [1.54, 1.807) is 12.1 Å². The molecule has 1 aromatic carbocycles. The molecule has 0 atom stereocenters. The lowest BCUT2D eigenvalue weighted by atomic mass is 10.1. The predicted molar refractivity (Wildman–Crippen MR) is 57.6 cm³/mol. The Morgan fingerprint density at radius 3 is 2.67 bits per heavy atom. The Morgan fingerprint density at radius 2 is 2.13 bits per heavy atom. The summed E-state index contributed by atoms with van der Waals surface area (Å²) in [6.45, 7) is 0. The molecule has 4 heteroatoms. The van der Waals surface area contributed by atoms with Crippen LogP contribution < -0.4 is 4.74 Å². The number of phenolic OH excluding ortho intramolecular Hbond substituents is 1. The molecule has 1 saturated carbocycles. The molecule has 0 aliphatic heterocycles. The first-order valence-corrected chi connectivity index (χ1v) is 5.20. The molecule has 0 unspecified atom stereocenters. The van der Waals surface area contributed by atoms with Gasteiger partial charge in [-0.25, -0.2) is 0 Å². The second kappa shape index (κ2) is 3.58. The summed E-state index contributed by atoms with van der Waals surface area (Å²) in [6, 6.07) is 3.22. The first-order valence-electron chi connectivity index (χ1n) is 4.82. The fourth-order valence-electron chi connectivity index (χ4n) is 1.59. The van der Waals surface area contributed by atoms with Gasteiger partial charge in [-0.3, -0.25) is 0 Å². The molecule has 2 N–H and O–H groups in total. The van der Waals surface area contributed by atoms with Crippen LogP contribution in [0.1, 0.15) is 18.4 Å². The normalized spacial score (nSPS) is 17.5. The minimum Gasteiger partial charge on any atom is -0.504 e. The summed E-state index contributed by atoms with van der Waals surface area (Å²) in [7, 11) is 1.47. The van der Waals surface area contributed by atoms with Crippen molar-refractivity contribution in [2.45, 2.75) is 24.9 Å². The first kappa shape index (κ1) is 10.6. The van der Waals surface area contributed by atoms with Crippen LogP contribution >= 0.6 is 11.6 Å². The van der Waals surface area contributed by atoms with Crippen LogP contribution in [0.2, 0.25) is 5.02 Å².